The average molecular weight is 509 g/mol. The Morgan fingerprint density at radius 3 is 2.39 bits per heavy atom. The van der Waals surface area contributed by atoms with Gasteiger partial charge >= 0.3 is 0 Å². The van der Waals surface area contributed by atoms with Gasteiger partial charge in [-0.25, -0.2) is 0 Å². The second-order valence-electron chi connectivity index (χ2n) is 10.3. The van der Waals surface area contributed by atoms with Crippen LogP contribution in [-0.2, 0) is 35.6 Å². The largest absolute Gasteiger partial charge is 0.488 e. The van der Waals surface area contributed by atoms with E-state index in [0.717, 1.165) is 29.8 Å². The van der Waals surface area contributed by atoms with Gasteiger partial charge in [-0.05, 0) is 53.6 Å². The van der Waals surface area contributed by atoms with Crippen LogP contribution in [0.15, 0.2) is 66.7 Å². The number of hydrogen-bond acceptors (Lipinski definition) is 6. The van der Waals surface area contributed by atoms with Crippen LogP contribution in [0.1, 0.15) is 62.2 Å². The van der Waals surface area contributed by atoms with Gasteiger partial charge < -0.3 is 10.1 Å². The summed E-state index contributed by atoms with van der Waals surface area (Å²) in [6.45, 7) is 1.13. The second kappa shape index (κ2) is 9.99. The first-order chi connectivity index (χ1) is 18.5. The second-order valence-corrected chi connectivity index (χ2v) is 10.3. The topological polar surface area (TPSA) is 92.8 Å². The van der Waals surface area contributed by atoms with Crippen molar-refractivity contribution < 1.29 is 23.9 Å². The number of nitrogens with zero attached hydrogens (tertiary/aromatic N) is 1. The number of hydrogen-bond donors (Lipinski definition) is 1. The van der Waals surface area contributed by atoms with E-state index in [-0.39, 0.29) is 48.6 Å². The monoisotopic (exact) mass is 508 g/mol. The maximum Gasteiger partial charge on any atom is 0.266 e. The van der Waals surface area contributed by atoms with Gasteiger partial charge in [-0.2, -0.15) is 0 Å². The lowest BCUT2D eigenvalue weighted by Crippen LogP contribution is -2.47. The van der Waals surface area contributed by atoms with Crippen LogP contribution >= 0.6 is 0 Å². The minimum atomic E-state index is -0.896. The number of carbonyl (C=O) groups is 4. The molecule has 0 saturated heterocycles. The first-order valence-electron chi connectivity index (χ1n) is 13.0. The lowest BCUT2D eigenvalue weighted by molar-refractivity contribution is -0.132. The molecule has 0 radical (unpaired) electrons. The van der Waals surface area contributed by atoms with E-state index >= 15 is 0 Å². The van der Waals surface area contributed by atoms with Crippen molar-refractivity contribution in [3.8, 4) is 5.75 Å². The van der Waals surface area contributed by atoms with Gasteiger partial charge in [0.05, 0.1) is 23.6 Å². The molecule has 1 fully saturated rings. The Kier molecular flexibility index (Phi) is 6.37. The molecule has 7 heteroatoms. The van der Waals surface area contributed by atoms with Crippen molar-refractivity contribution in [2.75, 3.05) is 0 Å². The standard InChI is InChI=1S/C31H28N2O5/c34-24-12-13-26(27(35)16-24)33-30(36)25-6-3-7-28(29(25)31(33)37)38-18-20-10-8-19(9-11-20)14-23-15-21-4-1-2-5-22(21)17-32-23/h1-11,23,26,32H,12-18H2. The zero-order valence-electron chi connectivity index (χ0n) is 20.9. The third-order valence-corrected chi connectivity index (χ3v) is 7.72. The maximum atomic E-state index is 13.3. The molecule has 0 spiro atoms. The third-order valence-electron chi connectivity index (χ3n) is 7.72. The SMILES string of the molecule is O=C1CCC(N2C(=O)c3cccc(OCc4ccc(CC5Cc6ccccc6CN5)cc4)c3C2=O)C(=O)C1. The van der Waals surface area contributed by atoms with E-state index in [9.17, 15) is 19.2 Å². The first kappa shape index (κ1) is 24.2. The van der Waals surface area contributed by atoms with E-state index in [1.165, 1.54) is 16.7 Å². The smallest absolute Gasteiger partial charge is 0.266 e. The summed E-state index contributed by atoms with van der Waals surface area (Å²) in [5, 5.41) is 3.62. The van der Waals surface area contributed by atoms with Crippen LogP contribution in [0.4, 0.5) is 0 Å². The molecular formula is C31H28N2O5. The van der Waals surface area contributed by atoms with Gasteiger partial charge in [0.25, 0.3) is 11.8 Å². The van der Waals surface area contributed by atoms with E-state index in [1.807, 2.05) is 12.1 Å². The lowest BCUT2D eigenvalue weighted by atomic mass is 9.92. The van der Waals surface area contributed by atoms with Crippen molar-refractivity contribution in [3.05, 3.63) is 100 Å². The normalized spacial score (nSPS) is 20.9. The third kappa shape index (κ3) is 4.54. The first-order valence-corrected chi connectivity index (χ1v) is 13.0. The molecule has 1 saturated carbocycles. The molecule has 2 atom stereocenters. The molecule has 6 rings (SSSR count). The van der Waals surface area contributed by atoms with Gasteiger partial charge in [-0.3, -0.25) is 24.1 Å². The molecule has 2 unspecified atom stereocenters. The van der Waals surface area contributed by atoms with Gasteiger partial charge in [-0.15, -0.1) is 0 Å². The highest BCUT2D eigenvalue weighted by molar-refractivity contribution is 6.24. The molecule has 3 aliphatic rings. The quantitative estimate of drug-likeness (QED) is 0.402. The predicted molar refractivity (Wildman–Crippen MR) is 140 cm³/mol. The van der Waals surface area contributed by atoms with Gasteiger partial charge in [0.2, 0.25) is 0 Å². The van der Waals surface area contributed by atoms with Gasteiger partial charge in [0.15, 0.2) is 5.78 Å². The number of amides is 2. The number of carbonyl (C=O) groups excluding carboxylic acids is 4. The van der Waals surface area contributed by atoms with E-state index in [2.05, 4.69) is 41.7 Å². The molecule has 38 heavy (non-hydrogen) atoms. The summed E-state index contributed by atoms with van der Waals surface area (Å²) in [5.74, 6) is -1.27. The molecule has 0 bridgehead atoms. The van der Waals surface area contributed by atoms with Crippen LogP contribution in [0.3, 0.4) is 0 Å². The zero-order chi connectivity index (χ0) is 26.2. The Labute approximate surface area is 220 Å². The Balaban J connectivity index is 1.11. The number of rotatable bonds is 6. The van der Waals surface area contributed by atoms with Gasteiger partial charge in [0.1, 0.15) is 18.1 Å². The molecule has 2 aliphatic heterocycles. The van der Waals surface area contributed by atoms with Crippen molar-refractivity contribution in [2.24, 2.45) is 0 Å². The molecular weight excluding hydrogens is 480 g/mol. The summed E-state index contributed by atoms with van der Waals surface area (Å²) < 4.78 is 6.01. The van der Waals surface area contributed by atoms with Gasteiger partial charge in [-0.1, -0.05) is 54.6 Å². The number of fused-ring (bicyclic) bond motifs is 2. The number of ketones is 2. The number of ether oxygens (including phenoxy) is 1. The van der Waals surface area contributed by atoms with E-state index in [1.54, 1.807) is 18.2 Å². The summed E-state index contributed by atoms with van der Waals surface area (Å²) in [6.07, 6.45) is 2.07. The van der Waals surface area contributed by atoms with Crippen LogP contribution in [0.25, 0.3) is 0 Å². The molecule has 2 heterocycles. The van der Waals surface area contributed by atoms with Crippen molar-refractivity contribution in [3.63, 3.8) is 0 Å². The molecule has 7 nitrogen and oxygen atoms in total. The minimum absolute atomic E-state index is 0.154. The molecule has 1 N–H and O–H groups in total. The Bertz CT molecular complexity index is 1440. The fraction of sp³-hybridized carbons (Fsp3) is 0.290. The molecule has 3 aromatic carbocycles. The fourth-order valence-corrected chi connectivity index (χ4v) is 5.69. The number of imide groups is 1. The summed E-state index contributed by atoms with van der Waals surface area (Å²) in [4.78, 5) is 51.4. The number of Topliss-reactive ketones (excluding diaryl/α,β-unsaturated/α-hetero) is 2. The molecule has 192 valence electrons. The summed E-state index contributed by atoms with van der Waals surface area (Å²) >= 11 is 0. The molecule has 0 aromatic heterocycles. The number of nitrogens with one attached hydrogen (secondary N) is 1. The minimum Gasteiger partial charge on any atom is -0.488 e. The molecule has 1 aliphatic carbocycles. The Hall–Kier alpha value is -4.10. The van der Waals surface area contributed by atoms with Crippen LogP contribution in [0, 0.1) is 0 Å². The Morgan fingerprint density at radius 2 is 1.61 bits per heavy atom. The maximum absolute atomic E-state index is 13.3. The van der Waals surface area contributed by atoms with Crippen LogP contribution in [-0.4, -0.2) is 40.4 Å². The summed E-state index contributed by atoms with van der Waals surface area (Å²) in [6, 6.07) is 21.2. The highest BCUT2D eigenvalue weighted by Crippen LogP contribution is 2.34. The van der Waals surface area contributed by atoms with E-state index in [4.69, 9.17) is 4.74 Å². The highest BCUT2D eigenvalue weighted by atomic mass is 16.5. The zero-order valence-corrected chi connectivity index (χ0v) is 20.9. The van der Waals surface area contributed by atoms with Crippen molar-refractivity contribution in [1.82, 2.24) is 10.2 Å². The van der Waals surface area contributed by atoms with Crippen molar-refractivity contribution in [1.29, 1.82) is 0 Å². The number of benzene rings is 3. The van der Waals surface area contributed by atoms with Crippen molar-refractivity contribution in [2.45, 2.75) is 57.3 Å². The average Bonchev–Trinajstić information content (AvgIpc) is 3.18. The highest BCUT2D eigenvalue weighted by Gasteiger charge is 2.45. The van der Waals surface area contributed by atoms with Crippen molar-refractivity contribution >= 4 is 23.4 Å². The fourth-order valence-electron chi connectivity index (χ4n) is 5.69. The van der Waals surface area contributed by atoms with Crippen LogP contribution in [0.5, 0.6) is 5.75 Å². The lowest BCUT2D eigenvalue weighted by Gasteiger charge is -2.27. The van der Waals surface area contributed by atoms with Gasteiger partial charge in [0, 0.05) is 19.0 Å². The summed E-state index contributed by atoms with van der Waals surface area (Å²) in [5.41, 5.74) is 5.37. The Morgan fingerprint density at radius 1 is 0.842 bits per heavy atom. The van der Waals surface area contributed by atoms with E-state index in [0.29, 0.717) is 11.8 Å². The molecule has 3 aromatic rings. The molecule has 2 amide bonds. The van der Waals surface area contributed by atoms with Crippen LogP contribution < -0.4 is 10.1 Å². The predicted octanol–water partition coefficient (Wildman–Crippen LogP) is 3.81. The van der Waals surface area contributed by atoms with E-state index < -0.39 is 17.9 Å². The summed E-state index contributed by atoms with van der Waals surface area (Å²) in [7, 11) is 0. The van der Waals surface area contributed by atoms with Crippen LogP contribution in [0.2, 0.25) is 0 Å².